The first-order chi connectivity index (χ1) is 15.1. The van der Waals surface area contributed by atoms with Gasteiger partial charge >= 0.3 is 12.3 Å². The van der Waals surface area contributed by atoms with Gasteiger partial charge in [0.1, 0.15) is 0 Å². The van der Waals surface area contributed by atoms with Gasteiger partial charge in [0.15, 0.2) is 0 Å². The number of amides is 2. The van der Waals surface area contributed by atoms with Gasteiger partial charge in [-0.3, -0.25) is 4.79 Å². The summed E-state index contributed by atoms with van der Waals surface area (Å²) in [4.78, 5) is 29.9. The highest BCUT2D eigenvalue weighted by Gasteiger charge is 2.47. The minimum absolute atomic E-state index is 0.142. The van der Waals surface area contributed by atoms with Crippen molar-refractivity contribution < 1.29 is 27.5 Å². The van der Waals surface area contributed by atoms with Crippen molar-refractivity contribution in [2.75, 3.05) is 44.2 Å². The van der Waals surface area contributed by atoms with E-state index in [1.807, 2.05) is 0 Å². The van der Waals surface area contributed by atoms with Crippen molar-refractivity contribution in [1.82, 2.24) is 9.80 Å². The van der Waals surface area contributed by atoms with Gasteiger partial charge < -0.3 is 19.4 Å². The number of benzene rings is 1. The molecule has 4 rings (SSSR count). The molecule has 0 radical (unpaired) electrons. The van der Waals surface area contributed by atoms with Crippen LogP contribution in [0.15, 0.2) is 18.2 Å². The molecule has 0 atom stereocenters. The van der Waals surface area contributed by atoms with Gasteiger partial charge in [-0.25, -0.2) is 4.79 Å². The zero-order valence-corrected chi connectivity index (χ0v) is 18.6. The highest BCUT2D eigenvalue weighted by atomic mass is 19.4. The van der Waals surface area contributed by atoms with Crippen LogP contribution in [-0.4, -0.2) is 67.2 Å². The molecule has 1 aromatic carbocycles. The first-order valence-corrected chi connectivity index (χ1v) is 11.3. The minimum Gasteiger partial charge on any atom is -0.450 e. The van der Waals surface area contributed by atoms with Crippen LogP contribution < -0.4 is 4.90 Å². The number of carbonyl (C=O) groups is 2. The highest BCUT2D eigenvalue weighted by molar-refractivity contribution is 5.94. The predicted octanol–water partition coefficient (Wildman–Crippen LogP) is 4.03. The van der Waals surface area contributed by atoms with E-state index >= 15 is 0 Å². The van der Waals surface area contributed by atoms with E-state index in [1.54, 1.807) is 16.7 Å². The Morgan fingerprint density at radius 2 is 1.78 bits per heavy atom. The third-order valence-corrected chi connectivity index (χ3v) is 7.29. The van der Waals surface area contributed by atoms with Gasteiger partial charge in [0.05, 0.1) is 12.2 Å². The molecule has 0 saturated carbocycles. The first kappa shape index (κ1) is 22.9. The summed E-state index contributed by atoms with van der Waals surface area (Å²) in [6.07, 6.45) is -1.53. The molecule has 2 amide bonds. The third-order valence-electron chi connectivity index (χ3n) is 7.29. The fourth-order valence-corrected chi connectivity index (χ4v) is 5.50. The van der Waals surface area contributed by atoms with Crippen LogP contribution in [-0.2, 0) is 21.1 Å². The van der Waals surface area contributed by atoms with Crippen molar-refractivity contribution >= 4 is 17.7 Å². The molecule has 1 aromatic rings. The molecule has 0 N–H and O–H groups in total. The molecule has 6 nitrogen and oxygen atoms in total. The molecular weight excluding hydrogens is 423 g/mol. The maximum Gasteiger partial charge on any atom is 0.416 e. The lowest BCUT2D eigenvalue weighted by Gasteiger charge is -2.45. The lowest BCUT2D eigenvalue weighted by molar-refractivity contribution is -0.137. The van der Waals surface area contributed by atoms with Crippen LogP contribution in [0.1, 0.15) is 50.7 Å². The SMILES string of the molecule is CCOC(=O)N1CCC(N2CCC3(CC2)CN(C(C)=O)c2ccc(C(F)(F)F)cc23)CC1. The molecule has 0 unspecified atom stereocenters. The molecule has 2 fully saturated rings. The largest absolute Gasteiger partial charge is 0.450 e. The average Bonchev–Trinajstić information content (AvgIpc) is 3.08. The van der Waals surface area contributed by atoms with Crippen molar-refractivity contribution in [1.29, 1.82) is 0 Å². The average molecular weight is 454 g/mol. The molecule has 0 aliphatic carbocycles. The smallest absolute Gasteiger partial charge is 0.416 e. The van der Waals surface area contributed by atoms with Crippen LogP contribution in [0.4, 0.5) is 23.7 Å². The molecular formula is C23H30F3N3O3. The van der Waals surface area contributed by atoms with Gasteiger partial charge in [0, 0.05) is 43.7 Å². The fraction of sp³-hybridized carbons (Fsp3) is 0.652. The number of piperidine rings is 2. The van der Waals surface area contributed by atoms with Crippen LogP contribution >= 0.6 is 0 Å². The summed E-state index contributed by atoms with van der Waals surface area (Å²) in [6.45, 7) is 6.90. The molecule has 0 bridgehead atoms. The Morgan fingerprint density at radius 3 is 2.34 bits per heavy atom. The zero-order valence-electron chi connectivity index (χ0n) is 18.6. The van der Waals surface area contributed by atoms with Crippen LogP contribution in [0.3, 0.4) is 0 Å². The summed E-state index contributed by atoms with van der Waals surface area (Å²) in [7, 11) is 0. The second kappa shape index (κ2) is 8.57. The van der Waals surface area contributed by atoms with Crippen LogP contribution in [0.2, 0.25) is 0 Å². The van der Waals surface area contributed by atoms with Crippen LogP contribution in [0.25, 0.3) is 0 Å². The number of rotatable bonds is 2. The monoisotopic (exact) mass is 453 g/mol. The summed E-state index contributed by atoms with van der Waals surface area (Å²) in [6, 6.07) is 4.13. The lowest BCUT2D eigenvalue weighted by Crippen LogP contribution is -2.52. The van der Waals surface area contributed by atoms with Crippen molar-refractivity contribution in [3.8, 4) is 0 Å². The van der Waals surface area contributed by atoms with E-state index in [1.165, 1.54) is 19.1 Å². The Kier molecular flexibility index (Phi) is 6.13. The number of carbonyl (C=O) groups excluding carboxylic acids is 2. The first-order valence-electron chi connectivity index (χ1n) is 11.3. The Balaban J connectivity index is 1.46. The second-order valence-corrected chi connectivity index (χ2v) is 9.07. The molecule has 3 heterocycles. The third kappa shape index (κ3) is 4.19. The number of anilines is 1. The molecule has 1 spiro atoms. The summed E-state index contributed by atoms with van der Waals surface area (Å²) in [5.74, 6) is -0.142. The molecule has 32 heavy (non-hydrogen) atoms. The summed E-state index contributed by atoms with van der Waals surface area (Å²) < 4.78 is 45.2. The van der Waals surface area contributed by atoms with E-state index in [0.29, 0.717) is 56.4 Å². The van der Waals surface area contributed by atoms with Gasteiger partial charge in [0.2, 0.25) is 5.91 Å². The molecule has 176 valence electrons. The van der Waals surface area contributed by atoms with E-state index in [2.05, 4.69) is 4.90 Å². The molecule has 3 aliphatic rings. The summed E-state index contributed by atoms with van der Waals surface area (Å²) >= 11 is 0. The van der Waals surface area contributed by atoms with Crippen LogP contribution in [0, 0.1) is 0 Å². The number of likely N-dealkylation sites (tertiary alicyclic amines) is 2. The van der Waals surface area contributed by atoms with Gasteiger partial charge in [-0.2, -0.15) is 13.2 Å². The number of alkyl halides is 3. The van der Waals surface area contributed by atoms with Crippen molar-refractivity contribution in [2.24, 2.45) is 0 Å². The highest BCUT2D eigenvalue weighted by Crippen LogP contribution is 2.49. The quantitative estimate of drug-likeness (QED) is 0.679. The van der Waals surface area contributed by atoms with E-state index in [9.17, 15) is 22.8 Å². The second-order valence-electron chi connectivity index (χ2n) is 9.07. The number of halogens is 3. The number of fused-ring (bicyclic) bond motifs is 2. The molecule has 0 aromatic heterocycles. The maximum absolute atomic E-state index is 13.4. The Hall–Kier alpha value is -2.29. The van der Waals surface area contributed by atoms with Crippen LogP contribution in [0.5, 0.6) is 0 Å². The fourth-order valence-electron chi connectivity index (χ4n) is 5.50. The molecule has 2 saturated heterocycles. The number of hydrogen-bond donors (Lipinski definition) is 0. The van der Waals surface area contributed by atoms with E-state index in [0.717, 1.165) is 32.0 Å². The van der Waals surface area contributed by atoms with E-state index in [-0.39, 0.29) is 12.0 Å². The van der Waals surface area contributed by atoms with Gasteiger partial charge in [-0.15, -0.1) is 0 Å². The normalized spacial score (nSPS) is 21.7. The minimum atomic E-state index is -4.41. The van der Waals surface area contributed by atoms with Gasteiger partial charge in [-0.05, 0) is 69.5 Å². The number of nitrogens with zero attached hydrogens (tertiary/aromatic N) is 3. The Labute approximate surface area is 186 Å². The van der Waals surface area contributed by atoms with E-state index < -0.39 is 17.2 Å². The van der Waals surface area contributed by atoms with Crippen molar-refractivity contribution in [3.05, 3.63) is 29.3 Å². The van der Waals surface area contributed by atoms with Crippen molar-refractivity contribution in [3.63, 3.8) is 0 Å². The standard InChI is InChI=1S/C23H30F3N3O3/c1-3-32-21(31)28-10-6-18(7-11-28)27-12-8-22(9-13-27)15-29(16(2)30)20-5-4-17(14-19(20)22)23(24,25)26/h4-5,14,18H,3,6-13,15H2,1-2H3. The van der Waals surface area contributed by atoms with Gasteiger partial charge in [-0.1, -0.05) is 0 Å². The number of ether oxygens (including phenoxy) is 1. The Bertz CT molecular complexity index is 873. The Morgan fingerprint density at radius 1 is 1.12 bits per heavy atom. The van der Waals surface area contributed by atoms with Gasteiger partial charge in [0.25, 0.3) is 0 Å². The van der Waals surface area contributed by atoms with E-state index in [4.69, 9.17) is 4.74 Å². The van der Waals surface area contributed by atoms with Crippen molar-refractivity contribution in [2.45, 2.75) is 57.2 Å². The summed E-state index contributed by atoms with van der Waals surface area (Å²) in [5, 5.41) is 0. The molecule has 3 aliphatic heterocycles. The topological polar surface area (TPSA) is 53.1 Å². The number of hydrogen-bond acceptors (Lipinski definition) is 4. The maximum atomic E-state index is 13.4. The summed E-state index contributed by atoms with van der Waals surface area (Å²) in [5.41, 5.74) is 0.167. The predicted molar refractivity (Wildman–Crippen MR) is 114 cm³/mol. The zero-order chi connectivity index (χ0) is 23.1. The molecule has 9 heteroatoms. The lowest BCUT2D eigenvalue weighted by atomic mass is 9.73.